The van der Waals surface area contributed by atoms with Crippen LogP contribution in [0.4, 0.5) is 26.3 Å². The lowest BCUT2D eigenvalue weighted by atomic mass is 10.1. The van der Waals surface area contributed by atoms with Gasteiger partial charge >= 0.3 is 11.8 Å². The van der Waals surface area contributed by atoms with Gasteiger partial charge in [-0.2, -0.15) is 17.6 Å². The fourth-order valence-corrected chi connectivity index (χ4v) is 0.389. The molecule has 72 valence electrons. The maximum absolute atomic E-state index is 11.9. The second kappa shape index (κ2) is 3.32. The third-order valence-electron chi connectivity index (χ3n) is 1.00. The van der Waals surface area contributed by atoms with Crippen molar-refractivity contribution in [2.75, 3.05) is 13.3 Å². The lowest BCUT2D eigenvalue weighted by Gasteiger charge is -2.16. The van der Waals surface area contributed by atoms with E-state index >= 15 is 0 Å². The van der Waals surface area contributed by atoms with Crippen LogP contribution in [0.25, 0.3) is 0 Å². The highest BCUT2D eigenvalue weighted by molar-refractivity contribution is 5.92. The van der Waals surface area contributed by atoms with E-state index in [2.05, 4.69) is 0 Å². The summed E-state index contributed by atoms with van der Waals surface area (Å²) >= 11 is 0. The van der Waals surface area contributed by atoms with E-state index in [9.17, 15) is 31.1 Å². The van der Waals surface area contributed by atoms with Crippen LogP contribution in [0.2, 0.25) is 0 Å². The molecule has 0 aromatic rings. The van der Waals surface area contributed by atoms with E-state index in [-0.39, 0.29) is 0 Å². The summed E-state index contributed by atoms with van der Waals surface area (Å²) in [6, 6.07) is 0. The minimum Gasteiger partial charge on any atom is -0.286 e. The Balaban J connectivity index is 4.60. The molecule has 12 heavy (non-hydrogen) atoms. The average Bonchev–Trinajstić information content (AvgIpc) is 2.03. The Labute approximate surface area is 63.4 Å². The number of carbonyl (C=O) groups is 1. The maximum atomic E-state index is 11.9. The summed E-state index contributed by atoms with van der Waals surface area (Å²) < 4.78 is 70.0. The number of alkyl halides is 6. The molecule has 0 unspecified atom stereocenters. The lowest BCUT2D eigenvalue weighted by Crippen LogP contribution is -2.45. The smallest absolute Gasteiger partial charge is 0.286 e. The first-order valence-electron chi connectivity index (χ1n) is 2.70. The van der Waals surface area contributed by atoms with Gasteiger partial charge in [0.1, 0.15) is 0 Å². The molecule has 0 saturated carbocycles. The summed E-state index contributed by atoms with van der Waals surface area (Å²) in [6.07, 6.45) is 0. The van der Waals surface area contributed by atoms with Crippen molar-refractivity contribution in [2.45, 2.75) is 11.8 Å². The molecule has 0 spiro atoms. The lowest BCUT2D eigenvalue weighted by molar-refractivity contribution is -0.173. The molecule has 7 heteroatoms. The van der Waals surface area contributed by atoms with E-state index in [1.807, 2.05) is 0 Å². The van der Waals surface area contributed by atoms with Crippen molar-refractivity contribution in [2.24, 2.45) is 0 Å². The van der Waals surface area contributed by atoms with Crippen molar-refractivity contribution in [3.05, 3.63) is 0 Å². The number of Topliss-reactive ketones (excluding diaryl/α,β-unsaturated/α-hetero) is 1. The van der Waals surface area contributed by atoms with Crippen LogP contribution in [0.3, 0.4) is 0 Å². The summed E-state index contributed by atoms with van der Waals surface area (Å²) in [6.45, 7) is -5.11. The Bertz CT molecular complexity index is 159. The van der Waals surface area contributed by atoms with Crippen LogP contribution >= 0.6 is 0 Å². The number of carbonyl (C=O) groups excluding carboxylic acids is 1. The monoisotopic (exact) mass is 194 g/mol. The van der Waals surface area contributed by atoms with Crippen molar-refractivity contribution in [1.82, 2.24) is 0 Å². The number of halogens is 6. The molecule has 0 atom stereocenters. The van der Waals surface area contributed by atoms with Crippen molar-refractivity contribution in [3.63, 3.8) is 0 Å². The number of hydrogen-bond acceptors (Lipinski definition) is 1. The quantitative estimate of drug-likeness (QED) is 0.623. The van der Waals surface area contributed by atoms with Crippen LogP contribution in [0.1, 0.15) is 0 Å². The van der Waals surface area contributed by atoms with E-state index < -0.39 is 31.0 Å². The molecule has 0 aliphatic carbocycles. The zero-order chi connectivity index (χ0) is 9.99. The Morgan fingerprint density at radius 1 is 0.917 bits per heavy atom. The van der Waals surface area contributed by atoms with E-state index in [0.29, 0.717) is 0 Å². The molecule has 0 saturated heterocycles. The van der Waals surface area contributed by atoms with Crippen LogP contribution in [0.15, 0.2) is 0 Å². The molecule has 0 bridgehead atoms. The Morgan fingerprint density at radius 3 is 1.33 bits per heavy atom. The molecule has 0 aliphatic heterocycles. The summed E-state index contributed by atoms with van der Waals surface area (Å²) in [5.74, 6) is -12.6. The summed E-state index contributed by atoms with van der Waals surface area (Å²) in [7, 11) is 0. The van der Waals surface area contributed by atoms with Gasteiger partial charge in [0.25, 0.3) is 5.78 Å². The van der Waals surface area contributed by atoms with Gasteiger partial charge in [-0.05, 0) is 0 Å². The predicted molar refractivity (Wildman–Crippen MR) is 26.9 cm³/mol. The highest BCUT2D eigenvalue weighted by atomic mass is 19.3. The standard InChI is InChI=1S/C5H4F6O/c6-1-4(8,9)3(12)5(10,11)2-7/h1-2H2. The SMILES string of the molecule is O=C(C(F)(F)CF)C(F)(F)CF. The molecule has 1 nitrogen and oxygen atoms in total. The molecule has 0 heterocycles. The van der Waals surface area contributed by atoms with Crippen LogP contribution < -0.4 is 0 Å². The number of hydrogen-bond donors (Lipinski definition) is 0. The van der Waals surface area contributed by atoms with E-state index in [4.69, 9.17) is 0 Å². The molecule has 0 radical (unpaired) electrons. The minimum atomic E-state index is -4.81. The largest absolute Gasteiger partial charge is 0.339 e. The Morgan fingerprint density at radius 2 is 1.17 bits per heavy atom. The van der Waals surface area contributed by atoms with Gasteiger partial charge in [0, 0.05) is 0 Å². The molecule has 0 N–H and O–H groups in total. The minimum absolute atomic E-state index is 2.55. The fraction of sp³-hybridized carbons (Fsp3) is 0.800. The molecular formula is C5H4F6O. The molecular weight excluding hydrogens is 190 g/mol. The highest BCUT2D eigenvalue weighted by Gasteiger charge is 2.54. The molecule has 0 rings (SSSR count). The second-order valence-corrected chi connectivity index (χ2v) is 2.01. The first kappa shape index (κ1) is 11.2. The normalized spacial score (nSPS) is 13.2. The molecule has 0 aromatic heterocycles. The Kier molecular flexibility index (Phi) is 3.11. The van der Waals surface area contributed by atoms with Crippen molar-refractivity contribution >= 4 is 5.78 Å². The summed E-state index contributed by atoms with van der Waals surface area (Å²) in [4.78, 5) is 9.97. The van der Waals surface area contributed by atoms with Crippen LogP contribution in [-0.2, 0) is 4.79 Å². The molecule has 0 fully saturated rings. The second-order valence-electron chi connectivity index (χ2n) is 2.01. The Hall–Kier alpha value is -0.750. The van der Waals surface area contributed by atoms with Gasteiger partial charge in [-0.1, -0.05) is 0 Å². The number of ketones is 1. The fourth-order valence-electron chi connectivity index (χ4n) is 0.389. The topological polar surface area (TPSA) is 17.1 Å². The summed E-state index contributed by atoms with van der Waals surface area (Å²) in [5.41, 5.74) is 0. The van der Waals surface area contributed by atoms with E-state index in [1.54, 1.807) is 0 Å². The van der Waals surface area contributed by atoms with Gasteiger partial charge in [-0.3, -0.25) is 4.79 Å². The van der Waals surface area contributed by atoms with Gasteiger partial charge in [-0.15, -0.1) is 0 Å². The maximum Gasteiger partial charge on any atom is 0.339 e. The van der Waals surface area contributed by atoms with Crippen molar-refractivity contribution in [1.29, 1.82) is 0 Å². The molecule has 0 aromatic carbocycles. The molecule has 0 aliphatic rings. The van der Waals surface area contributed by atoms with Crippen molar-refractivity contribution in [3.8, 4) is 0 Å². The third kappa shape index (κ3) is 2.12. The van der Waals surface area contributed by atoms with Gasteiger partial charge in [0.2, 0.25) is 0 Å². The average molecular weight is 194 g/mol. The van der Waals surface area contributed by atoms with Crippen LogP contribution in [0, 0.1) is 0 Å². The first-order chi connectivity index (χ1) is 5.28. The van der Waals surface area contributed by atoms with E-state index in [0.717, 1.165) is 0 Å². The van der Waals surface area contributed by atoms with Gasteiger partial charge in [0.05, 0.1) is 0 Å². The van der Waals surface area contributed by atoms with Crippen LogP contribution in [-0.4, -0.2) is 31.0 Å². The molecule has 0 amide bonds. The summed E-state index contributed by atoms with van der Waals surface area (Å²) in [5, 5.41) is 0. The van der Waals surface area contributed by atoms with E-state index in [1.165, 1.54) is 0 Å². The van der Waals surface area contributed by atoms with Gasteiger partial charge in [0.15, 0.2) is 13.3 Å². The zero-order valence-electron chi connectivity index (χ0n) is 5.59. The third-order valence-corrected chi connectivity index (χ3v) is 1.00. The van der Waals surface area contributed by atoms with Crippen LogP contribution in [0.5, 0.6) is 0 Å². The zero-order valence-corrected chi connectivity index (χ0v) is 5.59. The highest BCUT2D eigenvalue weighted by Crippen LogP contribution is 2.27. The predicted octanol–water partition coefficient (Wildman–Crippen LogP) is 1.77. The van der Waals surface area contributed by atoms with Crippen molar-refractivity contribution < 1.29 is 31.1 Å². The first-order valence-corrected chi connectivity index (χ1v) is 2.70. The van der Waals surface area contributed by atoms with Gasteiger partial charge < -0.3 is 0 Å². The number of rotatable bonds is 4. The van der Waals surface area contributed by atoms with Gasteiger partial charge in [-0.25, -0.2) is 8.78 Å².